The molecule has 0 aliphatic rings. The Morgan fingerprint density at radius 3 is 2.46 bits per heavy atom. The van der Waals surface area contributed by atoms with Crippen LogP contribution in [0.2, 0.25) is 0 Å². The molecule has 13 heavy (non-hydrogen) atoms. The minimum atomic E-state index is -3.87. The fourth-order valence-electron chi connectivity index (χ4n) is 0.589. The van der Waals surface area contributed by atoms with Crippen LogP contribution in [0.15, 0.2) is 0 Å². The zero-order chi connectivity index (χ0) is 9.45. The quantitative estimate of drug-likeness (QED) is 0.267. The zero-order valence-corrected chi connectivity index (χ0v) is 11.5. The monoisotopic (exact) mass is 237 g/mol. The molecule has 0 amide bonds. The molecule has 0 fully saturated rings. The third-order valence-corrected chi connectivity index (χ3v) is 3.38. The Morgan fingerprint density at radius 1 is 1.38 bits per heavy atom. The molecule has 5 N–H and O–H groups in total. The fraction of sp³-hybridized carbons (Fsp3) is 1.00. The standard InChI is InChI=1S/C5H15N2O3PS.Na/c6-2-1-3-7-4-5-12-11(8,9)10;/h7H,1-6H2,(H2,8,9,10);. The third-order valence-electron chi connectivity index (χ3n) is 1.10. The molecular weight excluding hydrogens is 222 g/mol. The van der Waals surface area contributed by atoms with Crippen molar-refractivity contribution < 1.29 is 14.4 Å². The summed E-state index contributed by atoms with van der Waals surface area (Å²) in [5.41, 5.74) is 5.24. The molecule has 0 rings (SSSR count). The minimum Gasteiger partial charge on any atom is -0.330 e. The number of nitrogens with two attached hydrogens (primary N) is 1. The van der Waals surface area contributed by atoms with Crippen LogP contribution in [0.5, 0.6) is 0 Å². The van der Waals surface area contributed by atoms with Gasteiger partial charge in [0.05, 0.1) is 0 Å². The van der Waals surface area contributed by atoms with E-state index in [1.807, 2.05) is 0 Å². The first-order valence-electron chi connectivity index (χ1n) is 3.67. The van der Waals surface area contributed by atoms with Crippen LogP contribution in [0.25, 0.3) is 0 Å². The molecule has 0 saturated carbocycles. The van der Waals surface area contributed by atoms with E-state index in [1.54, 1.807) is 0 Å². The van der Waals surface area contributed by atoms with E-state index >= 15 is 0 Å². The van der Waals surface area contributed by atoms with Gasteiger partial charge in [-0.05, 0) is 30.9 Å². The molecule has 0 aromatic carbocycles. The number of hydrogen-bond donors (Lipinski definition) is 4. The first-order chi connectivity index (χ1) is 5.56. The Kier molecular flexibility index (Phi) is 12.9. The van der Waals surface area contributed by atoms with E-state index in [4.69, 9.17) is 15.5 Å². The van der Waals surface area contributed by atoms with Crippen molar-refractivity contribution in [1.82, 2.24) is 5.32 Å². The third kappa shape index (κ3) is 16.1. The van der Waals surface area contributed by atoms with Gasteiger partial charge in [-0.2, -0.15) is 0 Å². The smallest absolute Gasteiger partial charge is 0.330 e. The van der Waals surface area contributed by atoms with Crippen LogP contribution in [0.3, 0.4) is 0 Å². The van der Waals surface area contributed by atoms with Crippen molar-refractivity contribution in [2.24, 2.45) is 5.73 Å². The van der Waals surface area contributed by atoms with Gasteiger partial charge in [-0.15, -0.1) is 0 Å². The summed E-state index contributed by atoms with van der Waals surface area (Å²) in [6, 6.07) is 0. The van der Waals surface area contributed by atoms with E-state index in [-0.39, 0.29) is 29.6 Å². The first-order valence-corrected chi connectivity index (χ1v) is 6.87. The molecule has 0 aliphatic heterocycles. The molecule has 1 radical (unpaired) electrons. The Hall–Kier alpha value is 1.42. The summed E-state index contributed by atoms with van der Waals surface area (Å²) in [5, 5.41) is 3.01. The summed E-state index contributed by atoms with van der Waals surface area (Å²) in [6.07, 6.45) is 0.889. The topological polar surface area (TPSA) is 95.6 Å². The van der Waals surface area contributed by atoms with Crippen molar-refractivity contribution in [2.45, 2.75) is 6.42 Å². The molecule has 0 spiro atoms. The van der Waals surface area contributed by atoms with E-state index in [2.05, 4.69) is 5.32 Å². The van der Waals surface area contributed by atoms with Gasteiger partial charge in [0, 0.05) is 41.9 Å². The minimum absolute atomic E-state index is 0. The summed E-state index contributed by atoms with van der Waals surface area (Å²) in [5.74, 6) is 0.425. The predicted octanol–water partition coefficient (Wildman–Crippen LogP) is -0.630. The van der Waals surface area contributed by atoms with Gasteiger partial charge in [0.1, 0.15) is 0 Å². The molecule has 0 unspecified atom stereocenters. The van der Waals surface area contributed by atoms with Gasteiger partial charge < -0.3 is 20.8 Å². The second kappa shape index (κ2) is 9.96. The Bertz CT molecular complexity index is 157. The Balaban J connectivity index is 0. The van der Waals surface area contributed by atoms with E-state index in [1.165, 1.54) is 0 Å². The van der Waals surface area contributed by atoms with Crippen molar-refractivity contribution in [3.63, 3.8) is 0 Å². The average molecular weight is 237 g/mol. The first kappa shape index (κ1) is 16.8. The molecule has 0 heterocycles. The van der Waals surface area contributed by atoms with Crippen LogP contribution in [0.1, 0.15) is 6.42 Å². The van der Waals surface area contributed by atoms with Gasteiger partial charge in [-0.25, -0.2) is 4.57 Å². The summed E-state index contributed by atoms with van der Waals surface area (Å²) in [6.45, 7) is -1.82. The summed E-state index contributed by atoms with van der Waals surface area (Å²) < 4.78 is 10.3. The van der Waals surface area contributed by atoms with Crippen molar-refractivity contribution in [3.8, 4) is 0 Å². The molecule has 0 aromatic rings. The summed E-state index contributed by atoms with van der Waals surface area (Å²) in [7, 11) is 0. The van der Waals surface area contributed by atoms with Crippen molar-refractivity contribution >= 4 is 47.7 Å². The van der Waals surface area contributed by atoms with Crippen molar-refractivity contribution in [3.05, 3.63) is 0 Å². The molecule has 0 aliphatic carbocycles. The van der Waals surface area contributed by atoms with Crippen LogP contribution >= 0.6 is 18.2 Å². The normalized spacial score (nSPS) is 11.0. The van der Waals surface area contributed by atoms with Gasteiger partial charge in [0.2, 0.25) is 0 Å². The predicted molar refractivity (Wildman–Crippen MR) is 56.8 cm³/mol. The number of hydrogen-bond acceptors (Lipinski definition) is 4. The summed E-state index contributed by atoms with van der Waals surface area (Å²) >= 11 is 0.665. The van der Waals surface area contributed by atoms with E-state index in [0.717, 1.165) is 13.0 Å². The van der Waals surface area contributed by atoms with Crippen molar-refractivity contribution in [2.75, 3.05) is 25.4 Å². The van der Waals surface area contributed by atoms with E-state index < -0.39 is 6.80 Å². The zero-order valence-electron chi connectivity index (χ0n) is 7.77. The van der Waals surface area contributed by atoms with Gasteiger partial charge in [-0.3, -0.25) is 0 Å². The molecule has 0 saturated heterocycles. The number of rotatable bonds is 7. The van der Waals surface area contributed by atoms with Gasteiger partial charge in [0.15, 0.2) is 0 Å². The second-order valence-electron chi connectivity index (χ2n) is 2.22. The molecule has 0 aromatic heterocycles. The Morgan fingerprint density at radius 2 is 2.00 bits per heavy atom. The van der Waals surface area contributed by atoms with Crippen LogP contribution in [-0.2, 0) is 4.57 Å². The van der Waals surface area contributed by atoms with E-state index in [0.29, 0.717) is 30.2 Å². The maximum atomic E-state index is 10.3. The largest absolute Gasteiger partial charge is 0.384 e. The second-order valence-corrected chi connectivity index (χ2v) is 6.07. The van der Waals surface area contributed by atoms with Gasteiger partial charge in [0.25, 0.3) is 0 Å². The Labute approximate surface area is 104 Å². The van der Waals surface area contributed by atoms with Crippen LogP contribution < -0.4 is 11.1 Å². The molecule has 0 atom stereocenters. The van der Waals surface area contributed by atoms with Crippen LogP contribution in [0.4, 0.5) is 0 Å². The van der Waals surface area contributed by atoms with Crippen LogP contribution in [0, 0.1) is 0 Å². The van der Waals surface area contributed by atoms with Crippen molar-refractivity contribution in [1.29, 1.82) is 0 Å². The SMILES string of the molecule is NCCCNCCSP(=O)(O)O.[Na]. The molecule has 5 nitrogen and oxygen atoms in total. The molecule has 0 bridgehead atoms. The fourth-order valence-corrected chi connectivity index (χ4v) is 2.05. The average Bonchev–Trinajstić information content (AvgIpc) is 1.94. The van der Waals surface area contributed by atoms with E-state index in [9.17, 15) is 4.57 Å². The molecule has 75 valence electrons. The maximum absolute atomic E-state index is 10.3. The molecular formula is C5H15N2NaO3PS. The maximum Gasteiger partial charge on any atom is 0.384 e. The number of nitrogens with one attached hydrogen (secondary N) is 1. The molecule has 8 heteroatoms. The van der Waals surface area contributed by atoms with Crippen LogP contribution in [-0.4, -0.2) is 64.7 Å². The van der Waals surface area contributed by atoms with Gasteiger partial charge >= 0.3 is 6.80 Å². The summed E-state index contributed by atoms with van der Waals surface area (Å²) in [4.78, 5) is 16.9. The van der Waals surface area contributed by atoms with Gasteiger partial charge in [-0.1, -0.05) is 0 Å².